The lowest BCUT2D eigenvalue weighted by Crippen LogP contribution is -2.44. The molecule has 0 saturated carbocycles. The van der Waals surface area contributed by atoms with E-state index in [-0.39, 0.29) is 18.3 Å². The maximum Gasteiger partial charge on any atom is 0.333 e. The molecule has 0 aliphatic heterocycles. The number of rotatable bonds is 17. The molecule has 2 rings (SSSR count). The van der Waals surface area contributed by atoms with Crippen molar-refractivity contribution in [2.75, 3.05) is 39.5 Å². The molecule has 0 spiro atoms. The zero-order valence-corrected chi connectivity index (χ0v) is 22.0. The zero-order chi connectivity index (χ0) is 27.0. The van der Waals surface area contributed by atoms with Gasteiger partial charge in [-0.3, -0.25) is 0 Å². The zero-order valence-electron chi connectivity index (χ0n) is 22.0. The average molecular weight is 519 g/mol. The van der Waals surface area contributed by atoms with Crippen LogP contribution in [0, 0.1) is 11.7 Å². The predicted molar refractivity (Wildman–Crippen MR) is 139 cm³/mol. The highest BCUT2D eigenvalue weighted by Gasteiger charge is 2.18. The van der Waals surface area contributed by atoms with E-state index in [0.29, 0.717) is 64.2 Å². The number of nitrogens with zero attached hydrogens (tertiary/aromatic N) is 1. The van der Waals surface area contributed by atoms with Gasteiger partial charge in [0, 0.05) is 32.7 Å². The molecule has 1 unspecified atom stereocenters. The Bertz CT molecular complexity index is 937. The van der Waals surface area contributed by atoms with Crippen LogP contribution in [0.5, 0.6) is 5.75 Å². The third-order valence-electron chi connectivity index (χ3n) is 5.47. The molecule has 2 aromatic carbocycles. The SMILES string of the molecule is CCOC(Cc1ccc(OCCN(CCCOCc2ccc(F)cc2)C(=O)NCC(C)C)cc1)C(=O)O. The topological polar surface area (TPSA) is 97.3 Å². The molecule has 0 aliphatic carbocycles. The van der Waals surface area contributed by atoms with Gasteiger partial charge in [-0.25, -0.2) is 14.0 Å². The van der Waals surface area contributed by atoms with Crippen molar-refractivity contribution in [3.05, 3.63) is 65.5 Å². The number of ether oxygens (including phenoxy) is 3. The molecule has 37 heavy (non-hydrogen) atoms. The minimum absolute atomic E-state index is 0.151. The van der Waals surface area contributed by atoms with Crippen LogP contribution in [0.1, 0.15) is 38.3 Å². The Morgan fingerprint density at radius 2 is 1.68 bits per heavy atom. The number of carbonyl (C=O) groups is 2. The third kappa shape index (κ3) is 12.1. The standard InChI is InChI=1S/C28H39FN2O6/c1-4-36-26(27(32)33)18-22-8-12-25(13-9-22)37-17-15-31(28(34)30-19-21(2)3)14-5-16-35-20-23-6-10-24(29)11-7-23/h6-13,21,26H,4-5,14-20H2,1-3H3,(H,30,34)(H,32,33). The van der Waals surface area contributed by atoms with Crippen molar-refractivity contribution in [1.82, 2.24) is 10.2 Å². The number of aliphatic carboxylic acids is 1. The summed E-state index contributed by atoms with van der Waals surface area (Å²) in [6, 6.07) is 13.2. The van der Waals surface area contributed by atoms with Crippen molar-refractivity contribution in [3.8, 4) is 5.75 Å². The fourth-order valence-corrected chi connectivity index (χ4v) is 3.47. The second kappa shape index (κ2) is 16.6. The van der Waals surface area contributed by atoms with E-state index in [1.165, 1.54) is 12.1 Å². The van der Waals surface area contributed by atoms with Crippen LogP contribution in [0.3, 0.4) is 0 Å². The molecule has 2 amide bonds. The molecule has 0 bridgehead atoms. The van der Waals surface area contributed by atoms with Gasteiger partial charge < -0.3 is 29.5 Å². The van der Waals surface area contributed by atoms with Crippen molar-refractivity contribution >= 4 is 12.0 Å². The van der Waals surface area contributed by atoms with Crippen molar-refractivity contribution in [2.45, 2.75) is 46.3 Å². The van der Waals surface area contributed by atoms with E-state index in [1.807, 2.05) is 26.0 Å². The van der Waals surface area contributed by atoms with Crippen LogP contribution >= 0.6 is 0 Å². The van der Waals surface area contributed by atoms with Crippen molar-refractivity contribution in [2.24, 2.45) is 5.92 Å². The van der Waals surface area contributed by atoms with Crippen molar-refractivity contribution in [1.29, 1.82) is 0 Å². The maximum absolute atomic E-state index is 13.0. The summed E-state index contributed by atoms with van der Waals surface area (Å²) in [4.78, 5) is 25.7. The van der Waals surface area contributed by atoms with E-state index in [1.54, 1.807) is 36.1 Å². The van der Waals surface area contributed by atoms with E-state index in [2.05, 4.69) is 5.32 Å². The molecular weight excluding hydrogens is 479 g/mol. The van der Waals surface area contributed by atoms with Crippen LogP contribution < -0.4 is 10.1 Å². The summed E-state index contributed by atoms with van der Waals surface area (Å²) in [5.74, 6) is -0.294. The predicted octanol–water partition coefficient (Wildman–Crippen LogP) is 4.51. The fraction of sp³-hybridized carbons (Fsp3) is 0.500. The Kier molecular flexibility index (Phi) is 13.4. The van der Waals surface area contributed by atoms with Gasteiger partial charge in [-0.05, 0) is 54.7 Å². The van der Waals surface area contributed by atoms with Gasteiger partial charge in [0.2, 0.25) is 0 Å². The normalized spacial score (nSPS) is 11.8. The summed E-state index contributed by atoms with van der Waals surface area (Å²) in [6.07, 6.45) is 0.0424. The van der Waals surface area contributed by atoms with Crippen molar-refractivity contribution < 1.29 is 33.3 Å². The summed E-state index contributed by atoms with van der Waals surface area (Å²) in [7, 11) is 0. The molecule has 0 radical (unpaired) electrons. The van der Waals surface area contributed by atoms with E-state index >= 15 is 0 Å². The quantitative estimate of drug-likeness (QED) is 0.299. The molecule has 9 heteroatoms. The number of halogens is 1. The lowest BCUT2D eigenvalue weighted by molar-refractivity contribution is -0.149. The summed E-state index contributed by atoms with van der Waals surface area (Å²) in [6.45, 7) is 8.81. The Morgan fingerprint density at radius 3 is 2.30 bits per heavy atom. The van der Waals surface area contributed by atoms with Crippen molar-refractivity contribution in [3.63, 3.8) is 0 Å². The first kappa shape index (κ1) is 30.1. The van der Waals surface area contributed by atoms with Gasteiger partial charge in [0.15, 0.2) is 6.10 Å². The average Bonchev–Trinajstić information content (AvgIpc) is 2.87. The highest BCUT2D eigenvalue weighted by molar-refractivity contribution is 5.74. The van der Waals surface area contributed by atoms with Crippen LogP contribution in [0.15, 0.2) is 48.5 Å². The van der Waals surface area contributed by atoms with Gasteiger partial charge in [-0.15, -0.1) is 0 Å². The van der Waals surface area contributed by atoms with Gasteiger partial charge in [-0.2, -0.15) is 0 Å². The number of hydrogen-bond acceptors (Lipinski definition) is 5. The maximum atomic E-state index is 13.0. The number of benzene rings is 2. The molecule has 204 valence electrons. The Labute approximate surface area is 218 Å². The Balaban J connectivity index is 1.81. The van der Waals surface area contributed by atoms with Gasteiger partial charge in [0.1, 0.15) is 18.2 Å². The number of carboxylic acid groups (broad SMARTS) is 1. The van der Waals surface area contributed by atoms with E-state index in [9.17, 15) is 19.1 Å². The second-order valence-electron chi connectivity index (χ2n) is 9.08. The largest absolute Gasteiger partial charge is 0.492 e. The number of carbonyl (C=O) groups excluding carboxylic acids is 1. The van der Waals surface area contributed by atoms with Crippen LogP contribution in [0.2, 0.25) is 0 Å². The number of nitrogens with one attached hydrogen (secondary N) is 1. The van der Waals surface area contributed by atoms with E-state index in [4.69, 9.17) is 14.2 Å². The minimum atomic E-state index is -0.987. The number of carboxylic acids is 1. The molecule has 0 aromatic heterocycles. The lowest BCUT2D eigenvalue weighted by Gasteiger charge is -2.24. The van der Waals surface area contributed by atoms with Crippen LogP contribution in [-0.4, -0.2) is 67.6 Å². The molecule has 8 nitrogen and oxygen atoms in total. The summed E-state index contributed by atoms with van der Waals surface area (Å²) < 4.78 is 29.8. The first-order chi connectivity index (χ1) is 17.8. The van der Waals surface area contributed by atoms with Gasteiger partial charge in [0.25, 0.3) is 0 Å². The summed E-state index contributed by atoms with van der Waals surface area (Å²) >= 11 is 0. The summed E-state index contributed by atoms with van der Waals surface area (Å²) in [5, 5.41) is 12.2. The molecular formula is C28H39FN2O6. The molecule has 2 N–H and O–H groups in total. The number of amides is 2. The lowest BCUT2D eigenvalue weighted by atomic mass is 10.1. The number of hydrogen-bond donors (Lipinski definition) is 2. The minimum Gasteiger partial charge on any atom is -0.492 e. The first-order valence-corrected chi connectivity index (χ1v) is 12.7. The second-order valence-corrected chi connectivity index (χ2v) is 9.08. The monoisotopic (exact) mass is 518 g/mol. The third-order valence-corrected chi connectivity index (χ3v) is 5.47. The van der Waals surface area contributed by atoms with Gasteiger partial charge >= 0.3 is 12.0 Å². The first-order valence-electron chi connectivity index (χ1n) is 12.7. The smallest absolute Gasteiger partial charge is 0.333 e. The molecule has 0 saturated heterocycles. The Hall–Kier alpha value is -3.17. The Morgan fingerprint density at radius 1 is 1.00 bits per heavy atom. The highest BCUT2D eigenvalue weighted by Crippen LogP contribution is 2.15. The molecule has 2 aromatic rings. The molecule has 0 aliphatic rings. The molecule has 0 fully saturated rings. The van der Waals surface area contributed by atoms with Gasteiger partial charge in [0.05, 0.1) is 13.2 Å². The van der Waals surface area contributed by atoms with Gasteiger partial charge in [-0.1, -0.05) is 38.1 Å². The van der Waals surface area contributed by atoms with Crippen LogP contribution in [0.25, 0.3) is 0 Å². The molecule has 1 atom stereocenters. The fourth-order valence-electron chi connectivity index (χ4n) is 3.47. The van der Waals surface area contributed by atoms with E-state index in [0.717, 1.165) is 11.1 Å². The van der Waals surface area contributed by atoms with E-state index < -0.39 is 12.1 Å². The van der Waals surface area contributed by atoms with Crippen LogP contribution in [0.4, 0.5) is 9.18 Å². The molecule has 0 heterocycles. The number of urea groups is 1. The van der Waals surface area contributed by atoms with Crippen LogP contribution in [-0.2, 0) is 27.3 Å². The summed E-state index contributed by atoms with van der Waals surface area (Å²) in [5.41, 5.74) is 1.73. The highest BCUT2D eigenvalue weighted by atomic mass is 19.1.